The van der Waals surface area contributed by atoms with Gasteiger partial charge in [0.15, 0.2) is 0 Å². The summed E-state index contributed by atoms with van der Waals surface area (Å²) in [5.74, 6) is 0.0889. The third kappa shape index (κ3) is 5.40. The number of aromatic nitrogens is 1. The van der Waals surface area contributed by atoms with Gasteiger partial charge in [-0.1, -0.05) is 36.4 Å². The Morgan fingerprint density at radius 1 is 1.00 bits per heavy atom. The molecule has 176 valence electrons. The van der Waals surface area contributed by atoms with Crippen molar-refractivity contribution in [1.82, 2.24) is 14.8 Å². The summed E-state index contributed by atoms with van der Waals surface area (Å²) in [5, 5.41) is 6.43. The van der Waals surface area contributed by atoms with Crippen LogP contribution in [0.1, 0.15) is 29.0 Å². The fourth-order valence-electron chi connectivity index (χ4n) is 4.85. The molecule has 34 heavy (non-hydrogen) atoms. The molecule has 4 aromatic rings. The molecule has 5 rings (SSSR count). The summed E-state index contributed by atoms with van der Waals surface area (Å²) < 4.78 is 15.7. The van der Waals surface area contributed by atoms with E-state index in [4.69, 9.17) is 0 Å². The highest BCUT2D eigenvalue weighted by Crippen LogP contribution is 2.25. The van der Waals surface area contributed by atoms with E-state index in [1.807, 2.05) is 12.1 Å². The lowest BCUT2D eigenvalue weighted by atomic mass is 9.95. The second-order valence-electron chi connectivity index (χ2n) is 9.08. The third-order valence-electron chi connectivity index (χ3n) is 6.75. The first-order valence-corrected chi connectivity index (χ1v) is 12.9. The summed E-state index contributed by atoms with van der Waals surface area (Å²) in [4.78, 5) is 16.4. The number of fused-ring (bicyclic) bond motifs is 1. The average Bonchev–Trinajstić information content (AvgIpc) is 3.49. The number of nitrogens with one attached hydrogen (secondary N) is 1. The van der Waals surface area contributed by atoms with E-state index in [0.29, 0.717) is 13.1 Å². The van der Waals surface area contributed by atoms with Gasteiger partial charge in [0, 0.05) is 41.6 Å². The fourth-order valence-corrected chi connectivity index (χ4v) is 5.56. The summed E-state index contributed by atoms with van der Waals surface area (Å²) in [5.41, 5.74) is 3.54. The quantitative estimate of drug-likeness (QED) is 0.367. The Labute approximate surface area is 204 Å². The minimum Gasteiger partial charge on any atom is -0.355 e. The largest absolute Gasteiger partial charge is 0.355 e. The first-order chi connectivity index (χ1) is 16.7. The molecule has 1 aliphatic rings. The predicted molar refractivity (Wildman–Crippen MR) is 136 cm³/mol. The van der Waals surface area contributed by atoms with Gasteiger partial charge in [-0.15, -0.1) is 11.3 Å². The molecule has 0 bridgehead atoms. The Morgan fingerprint density at radius 2 is 1.79 bits per heavy atom. The van der Waals surface area contributed by atoms with Crippen LogP contribution in [-0.4, -0.2) is 35.0 Å². The van der Waals surface area contributed by atoms with E-state index in [9.17, 15) is 9.18 Å². The lowest BCUT2D eigenvalue weighted by molar-refractivity contribution is -0.126. The minimum absolute atomic E-state index is 0.102. The summed E-state index contributed by atoms with van der Waals surface area (Å²) in [6, 6.07) is 21.6. The van der Waals surface area contributed by atoms with Gasteiger partial charge in [-0.05, 0) is 79.0 Å². The Balaban J connectivity index is 1.20. The number of para-hydroxylation sites is 1. The van der Waals surface area contributed by atoms with E-state index in [1.165, 1.54) is 33.6 Å². The molecule has 1 fully saturated rings. The van der Waals surface area contributed by atoms with Crippen LogP contribution < -0.4 is 5.32 Å². The van der Waals surface area contributed by atoms with Crippen molar-refractivity contribution >= 4 is 28.1 Å². The van der Waals surface area contributed by atoms with Crippen LogP contribution in [0, 0.1) is 11.7 Å². The second-order valence-corrected chi connectivity index (χ2v) is 10.1. The molecule has 1 amide bonds. The number of carbonyl (C=O) groups excluding carboxylic acids is 1. The third-order valence-corrected chi connectivity index (χ3v) is 7.68. The zero-order valence-electron chi connectivity index (χ0n) is 19.3. The maximum atomic E-state index is 13.4. The van der Waals surface area contributed by atoms with Crippen LogP contribution in [0.3, 0.4) is 0 Å². The number of halogens is 1. The number of hydrogen-bond acceptors (Lipinski definition) is 3. The maximum absolute atomic E-state index is 13.4. The van der Waals surface area contributed by atoms with Crippen molar-refractivity contribution in [2.24, 2.45) is 5.92 Å². The van der Waals surface area contributed by atoms with Crippen LogP contribution in [0.2, 0.25) is 0 Å². The molecule has 0 aliphatic carbocycles. The lowest BCUT2D eigenvalue weighted by Crippen LogP contribution is -2.40. The highest BCUT2D eigenvalue weighted by atomic mass is 32.1. The van der Waals surface area contributed by atoms with Gasteiger partial charge in [0.2, 0.25) is 5.91 Å². The number of nitrogens with zero attached hydrogens (tertiary/aromatic N) is 2. The average molecular weight is 476 g/mol. The van der Waals surface area contributed by atoms with E-state index in [1.54, 1.807) is 11.3 Å². The molecule has 0 atom stereocenters. The summed E-state index contributed by atoms with van der Waals surface area (Å²) >= 11 is 1.74. The number of rotatable bonds is 8. The van der Waals surface area contributed by atoms with Gasteiger partial charge in [-0.2, -0.15) is 0 Å². The highest BCUT2D eigenvalue weighted by molar-refractivity contribution is 7.09. The Morgan fingerprint density at radius 3 is 2.56 bits per heavy atom. The molecule has 0 unspecified atom stereocenters. The Hall–Kier alpha value is -2.96. The van der Waals surface area contributed by atoms with Crippen molar-refractivity contribution in [3.05, 3.63) is 94.1 Å². The minimum atomic E-state index is -0.209. The Bertz CT molecular complexity index is 1220. The van der Waals surface area contributed by atoms with Crippen LogP contribution in [0.4, 0.5) is 4.39 Å². The number of benzene rings is 2. The zero-order valence-corrected chi connectivity index (χ0v) is 20.1. The smallest absolute Gasteiger partial charge is 0.223 e. The van der Waals surface area contributed by atoms with E-state index in [0.717, 1.165) is 44.5 Å². The monoisotopic (exact) mass is 475 g/mol. The van der Waals surface area contributed by atoms with Crippen molar-refractivity contribution in [3.63, 3.8) is 0 Å². The summed E-state index contributed by atoms with van der Waals surface area (Å²) in [6.45, 7) is 4.11. The predicted octanol–water partition coefficient (Wildman–Crippen LogP) is 5.46. The molecule has 4 nitrogen and oxygen atoms in total. The normalized spacial score (nSPS) is 15.1. The van der Waals surface area contributed by atoms with E-state index < -0.39 is 0 Å². The maximum Gasteiger partial charge on any atom is 0.223 e. The van der Waals surface area contributed by atoms with Gasteiger partial charge in [-0.3, -0.25) is 9.69 Å². The van der Waals surface area contributed by atoms with Crippen LogP contribution in [0.5, 0.6) is 0 Å². The van der Waals surface area contributed by atoms with E-state index in [-0.39, 0.29) is 17.6 Å². The van der Waals surface area contributed by atoms with Crippen molar-refractivity contribution in [2.75, 3.05) is 19.6 Å². The molecule has 1 saturated heterocycles. The number of piperidine rings is 1. The van der Waals surface area contributed by atoms with E-state index >= 15 is 0 Å². The molecule has 6 heteroatoms. The van der Waals surface area contributed by atoms with Crippen molar-refractivity contribution in [1.29, 1.82) is 0 Å². The molecular formula is C28H30FN3OS. The van der Waals surface area contributed by atoms with Crippen LogP contribution in [0.25, 0.3) is 10.9 Å². The first-order valence-electron chi connectivity index (χ1n) is 12.0. The number of thiophene rings is 1. The van der Waals surface area contributed by atoms with Gasteiger partial charge in [-0.25, -0.2) is 4.39 Å². The van der Waals surface area contributed by atoms with Gasteiger partial charge >= 0.3 is 0 Å². The standard InChI is InChI=1S/C28H30FN3OS/c29-24-9-7-21(8-10-24)19-32-25(18-23-4-1-2-6-27(23)32)20-31-15-12-22(13-16-31)28(33)30-14-11-26-5-3-17-34-26/h1-10,17-18,22H,11-16,19-20H2,(H,30,33). The van der Waals surface area contributed by atoms with Gasteiger partial charge in [0.05, 0.1) is 0 Å². The van der Waals surface area contributed by atoms with Crippen molar-refractivity contribution < 1.29 is 9.18 Å². The number of amides is 1. The lowest BCUT2D eigenvalue weighted by Gasteiger charge is -2.31. The van der Waals surface area contributed by atoms with Crippen molar-refractivity contribution in [2.45, 2.75) is 32.4 Å². The molecule has 1 N–H and O–H groups in total. The number of carbonyl (C=O) groups is 1. The molecule has 0 saturated carbocycles. The Kier molecular flexibility index (Phi) is 7.07. The first kappa shape index (κ1) is 22.8. The molecule has 3 heterocycles. The molecule has 0 spiro atoms. The SMILES string of the molecule is O=C(NCCc1cccs1)C1CCN(Cc2cc3ccccc3n2Cc2ccc(F)cc2)CC1. The number of hydrogen-bond donors (Lipinski definition) is 1. The van der Waals surface area contributed by atoms with Crippen LogP contribution in [0.15, 0.2) is 72.1 Å². The van der Waals surface area contributed by atoms with Crippen molar-refractivity contribution in [3.8, 4) is 0 Å². The molecule has 2 aromatic heterocycles. The number of likely N-dealkylation sites (tertiary alicyclic amines) is 1. The van der Waals surface area contributed by atoms with Crippen LogP contribution >= 0.6 is 11.3 Å². The van der Waals surface area contributed by atoms with Gasteiger partial charge in [0.25, 0.3) is 0 Å². The fraction of sp³-hybridized carbons (Fsp3) is 0.321. The molecule has 0 radical (unpaired) electrons. The molecule has 1 aliphatic heterocycles. The molecule has 2 aromatic carbocycles. The topological polar surface area (TPSA) is 37.3 Å². The van der Waals surface area contributed by atoms with Gasteiger partial charge in [0.1, 0.15) is 5.82 Å². The van der Waals surface area contributed by atoms with Gasteiger partial charge < -0.3 is 9.88 Å². The van der Waals surface area contributed by atoms with Crippen LogP contribution in [-0.2, 0) is 24.3 Å². The summed E-state index contributed by atoms with van der Waals surface area (Å²) in [7, 11) is 0. The second kappa shape index (κ2) is 10.5. The van der Waals surface area contributed by atoms with E-state index in [2.05, 4.69) is 62.6 Å². The zero-order chi connectivity index (χ0) is 23.3. The molecular weight excluding hydrogens is 445 g/mol. The highest BCUT2D eigenvalue weighted by Gasteiger charge is 2.25. The summed E-state index contributed by atoms with van der Waals surface area (Å²) in [6.07, 6.45) is 2.69.